The van der Waals surface area contributed by atoms with Crippen molar-refractivity contribution in [3.63, 3.8) is 0 Å². The van der Waals surface area contributed by atoms with E-state index >= 15 is 0 Å². The molecule has 2 fully saturated rings. The second-order valence-electron chi connectivity index (χ2n) is 8.24. The van der Waals surface area contributed by atoms with Crippen LogP contribution < -0.4 is 5.32 Å². The Kier molecular flexibility index (Phi) is 5.37. The van der Waals surface area contributed by atoms with E-state index in [-0.39, 0.29) is 35.4 Å². The molecule has 6 heteroatoms. The van der Waals surface area contributed by atoms with Gasteiger partial charge in [0.2, 0.25) is 11.8 Å². The Bertz CT molecular complexity index is 879. The average molecular weight is 395 g/mol. The van der Waals surface area contributed by atoms with Crippen molar-refractivity contribution >= 4 is 11.8 Å². The lowest BCUT2D eigenvalue weighted by molar-refractivity contribution is -0.149. The minimum absolute atomic E-state index is 0.0272. The van der Waals surface area contributed by atoms with Gasteiger partial charge in [-0.1, -0.05) is 42.5 Å². The molecule has 0 aromatic heterocycles. The van der Waals surface area contributed by atoms with Crippen molar-refractivity contribution in [2.75, 3.05) is 33.2 Å². The minimum atomic E-state index is -0.304. The number of hydrogen-bond donors (Lipinski definition) is 1. The fourth-order valence-corrected chi connectivity index (χ4v) is 4.67. The molecule has 29 heavy (non-hydrogen) atoms. The van der Waals surface area contributed by atoms with E-state index in [1.54, 1.807) is 19.2 Å². The number of benzene rings is 2. The summed E-state index contributed by atoms with van der Waals surface area (Å²) in [6.45, 7) is 3.50. The van der Waals surface area contributed by atoms with E-state index in [1.165, 1.54) is 17.7 Å². The Hall–Kier alpha value is -2.73. The van der Waals surface area contributed by atoms with Crippen molar-refractivity contribution < 1.29 is 14.0 Å². The molecule has 2 aromatic carbocycles. The maximum Gasteiger partial charge on any atom is 0.227 e. The van der Waals surface area contributed by atoms with Crippen LogP contribution in [0.4, 0.5) is 4.39 Å². The van der Waals surface area contributed by atoms with Crippen molar-refractivity contribution in [2.24, 2.45) is 11.3 Å². The highest BCUT2D eigenvalue weighted by molar-refractivity contribution is 5.83. The highest BCUT2D eigenvalue weighted by Gasteiger charge is 2.57. The van der Waals surface area contributed by atoms with Gasteiger partial charge in [-0.05, 0) is 23.3 Å². The SMILES string of the molecule is CNC(=O)C1CN(Cc2ccccc2)CC12CN(C(=O)Cc1ccc(F)cc1)C2. The first-order valence-electron chi connectivity index (χ1n) is 9.99. The summed E-state index contributed by atoms with van der Waals surface area (Å²) in [5.41, 5.74) is 1.84. The van der Waals surface area contributed by atoms with Crippen molar-refractivity contribution in [3.8, 4) is 0 Å². The highest BCUT2D eigenvalue weighted by Crippen LogP contribution is 2.44. The summed E-state index contributed by atoms with van der Waals surface area (Å²) in [7, 11) is 1.67. The molecule has 4 rings (SSSR count). The Morgan fingerprint density at radius 3 is 2.38 bits per heavy atom. The van der Waals surface area contributed by atoms with Gasteiger partial charge in [0.05, 0.1) is 12.3 Å². The Morgan fingerprint density at radius 1 is 1.03 bits per heavy atom. The first-order valence-corrected chi connectivity index (χ1v) is 9.99. The first-order chi connectivity index (χ1) is 14.0. The van der Waals surface area contributed by atoms with E-state index in [2.05, 4.69) is 22.3 Å². The Morgan fingerprint density at radius 2 is 1.72 bits per heavy atom. The summed E-state index contributed by atoms with van der Waals surface area (Å²) < 4.78 is 13.1. The zero-order valence-corrected chi connectivity index (χ0v) is 16.6. The number of amides is 2. The molecule has 1 spiro atoms. The lowest BCUT2D eigenvalue weighted by Crippen LogP contribution is -2.64. The average Bonchev–Trinajstić information content (AvgIpc) is 3.08. The van der Waals surface area contributed by atoms with Gasteiger partial charge in [0.15, 0.2) is 0 Å². The number of hydrogen-bond acceptors (Lipinski definition) is 3. The molecule has 0 saturated carbocycles. The van der Waals surface area contributed by atoms with Gasteiger partial charge in [-0.3, -0.25) is 14.5 Å². The standard InChI is InChI=1S/C23H26FN3O2/c1-25-22(29)20-13-26(12-18-5-3-2-4-6-18)14-23(20)15-27(16-23)21(28)11-17-7-9-19(24)10-8-17/h2-10,20H,11-16H2,1H3,(H,25,29). The molecule has 0 bridgehead atoms. The van der Waals surface area contributed by atoms with Gasteiger partial charge in [-0.15, -0.1) is 0 Å². The van der Waals surface area contributed by atoms with Crippen molar-refractivity contribution in [1.29, 1.82) is 0 Å². The molecule has 2 heterocycles. The largest absolute Gasteiger partial charge is 0.359 e. The molecule has 1 N–H and O–H groups in total. The van der Waals surface area contributed by atoms with Gasteiger partial charge in [0, 0.05) is 45.2 Å². The van der Waals surface area contributed by atoms with Crippen LogP contribution in [0.1, 0.15) is 11.1 Å². The monoisotopic (exact) mass is 395 g/mol. The third kappa shape index (κ3) is 4.03. The van der Waals surface area contributed by atoms with E-state index in [9.17, 15) is 14.0 Å². The number of halogens is 1. The van der Waals surface area contributed by atoms with E-state index in [0.717, 1.165) is 18.7 Å². The van der Waals surface area contributed by atoms with Gasteiger partial charge < -0.3 is 10.2 Å². The summed E-state index contributed by atoms with van der Waals surface area (Å²) in [6.07, 6.45) is 0.259. The number of carbonyl (C=O) groups is 2. The number of nitrogens with one attached hydrogen (secondary N) is 1. The van der Waals surface area contributed by atoms with Crippen LogP contribution in [0.15, 0.2) is 54.6 Å². The summed E-state index contributed by atoms with van der Waals surface area (Å²) in [4.78, 5) is 29.3. The van der Waals surface area contributed by atoms with Crippen molar-refractivity contribution in [2.45, 2.75) is 13.0 Å². The van der Waals surface area contributed by atoms with Gasteiger partial charge in [-0.2, -0.15) is 0 Å². The van der Waals surface area contributed by atoms with Crippen LogP contribution in [-0.4, -0.2) is 54.8 Å². The zero-order chi connectivity index (χ0) is 20.4. The molecule has 1 unspecified atom stereocenters. The van der Waals surface area contributed by atoms with Crippen LogP contribution in [0.5, 0.6) is 0 Å². The molecule has 0 aliphatic carbocycles. The number of nitrogens with zero attached hydrogens (tertiary/aromatic N) is 2. The molecule has 0 radical (unpaired) electrons. The fraction of sp³-hybridized carbons (Fsp3) is 0.391. The molecular weight excluding hydrogens is 369 g/mol. The quantitative estimate of drug-likeness (QED) is 0.843. The van der Waals surface area contributed by atoms with E-state index in [0.29, 0.717) is 19.6 Å². The molecule has 2 aliphatic heterocycles. The van der Waals surface area contributed by atoms with Crippen molar-refractivity contribution in [1.82, 2.24) is 15.1 Å². The van der Waals surface area contributed by atoms with Gasteiger partial charge in [-0.25, -0.2) is 4.39 Å². The molecule has 2 aromatic rings. The topological polar surface area (TPSA) is 52.7 Å². The number of likely N-dealkylation sites (tertiary alicyclic amines) is 2. The Balaban J connectivity index is 1.41. The van der Waals surface area contributed by atoms with E-state index < -0.39 is 0 Å². The minimum Gasteiger partial charge on any atom is -0.359 e. The number of carbonyl (C=O) groups excluding carboxylic acids is 2. The Labute approximate surface area is 170 Å². The lowest BCUT2D eigenvalue weighted by Gasteiger charge is -2.50. The summed E-state index contributed by atoms with van der Waals surface area (Å²) in [5, 5.41) is 2.80. The van der Waals surface area contributed by atoms with Crippen LogP contribution in [0.2, 0.25) is 0 Å². The second kappa shape index (κ2) is 7.95. The van der Waals surface area contributed by atoms with Crippen LogP contribution in [0.25, 0.3) is 0 Å². The maximum atomic E-state index is 13.1. The van der Waals surface area contributed by atoms with Gasteiger partial charge in [0.25, 0.3) is 0 Å². The van der Waals surface area contributed by atoms with Crippen LogP contribution in [-0.2, 0) is 22.6 Å². The predicted octanol–water partition coefficient (Wildman–Crippen LogP) is 2.07. The molecule has 5 nitrogen and oxygen atoms in total. The smallest absolute Gasteiger partial charge is 0.227 e. The molecule has 2 amide bonds. The fourth-order valence-electron chi connectivity index (χ4n) is 4.67. The van der Waals surface area contributed by atoms with E-state index in [1.807, 2.05) is 23.1 Å². The molecule has 152 valence electrons. The van der Waals surface area contributed by atoms with Crippen LogP contribution in [0.3, 0.4) is 0 Å². The molecule has 2 saturated heterocycles. The predicted molar refractivity (Wildman–Crippen MR) is 108 cm³/mol. The molecule has 1 atom stereocenters. The highest BCUT2D eigenvalue weighted by atomic mass is 19.1. The van der Waals surface area contributed by atoms with Gasteiger partial charge >= 0.3 is 0 Å². The molecule has 2 aliphatic rings. The van der Waals surface area contributed by atoms with Crippen LogP contribution >= 0.6 is 0 Å². The van der Waals surface area contributed by atoms with E-state index in [4.69, 9.17) is 0 Å². The summed E-state index contributed by atoms with van der Waals surface area (Å²) in [5.74, 6) is -0.348. The van der Waals surface area contributed by atoms with Crippen molar-refractivity contribution in [3.05, 3.63) is 71.5 Å². The maximum absolute atomic E-state index is 13.1. The third-order valence-corrected chi connectivity index (χ3v) is 6.16. The lowest BCUT2D eigenvalue weighted by atomic mass is 9.71. The molecular formula is C23H26FN3O2. The second-order valence-corrected chi connectivity index (χ2v) is 8.24. The third-order valence-electron chi connectivity index (χ3n) is 6.16. The summed E-state index contributed by atoms with van der Waals surface area (Å²) >= 11 is 0. The number of rotatable bonds is 5. The summed E-state index contributed by atoms with van der Waals surface area (Å²) in [6, 6.07) is 16.3. The van der Waals surface area contributed by atoms with Gasteiger partial charge in [0.1, 0.15) is 5.82 Å². The first kappa shape index (κ1) is 19.6. The van der Waals surface area contributed by atoms with Crippen LogP contribution in [0, 0.1) is 17.2 Å². The normalized spacial score (nSPS) is 20.5. The zero-order valence-electron chi connectivity index (χ0n) is 16.6.